The highest BCUT2D eigenvalue weighted by Crippen LogP contribution is 2.40. The normalized spacial score (nSPS) is 16.1. The average Bonchev–Trinajstić information content (AvgIpc) is 2.91. The molecular weight excluding hydrogens is 386 g/mol. The summed E-state index contributed by atoms with van der Waals surface area (Å²) in [6, 6.07) is 25.1. The number of hydrogen-bond acceptors (Lipinski definition) is 4. The molecule has 0 atom stereocenters. The molecule has 1 saturated heterocycles. The van der Waals surface area contributed by atoms with Crippen molar-refractivity contribution in [2.24, 2.45) is 4.99 Å². The number of amidine groups is 1. The van der Waals surface area contributed by atoms with Gasteiger partial charge in [0.15, 0.2) is 0 Å². The first-order valence-corrected chi connectivity index (χ1v) is 10.7. The van der Waals surface area contributed by atoms with E-state index in [2.05, 4.69) is 64.4 Å². The molecule has 140 valence electrons. The number of fused-ring (bicyclic) bond motifs is 2. The highest BCUT2D eigenvalue weighted by Gasteiger charge is 2.25. The van der Waals surface area contributed by atoms with Gasteiger partial charge < -0.3 is 9.80 Å². The maximum atomic E-state index is 6.41. The van der Waals surface area contributed by atoms with E-state index in [1.165, 1.54) is 15.4 Å². The van der Waals surface area contributed by atoms with E-state index in [-0.39, 0.29) is 0 Å². The third-order valence-corrected chi connectivity index (χ3v) is 6.67. The minimum absolute atomic E-state index is 0.818. The van der Waals surface area contributed by atoms with E-state index in [0.29, 0.717) is 0 Å². The summed E-state index contributed by atoms with van der Waals surface area (Å²) in [5.41, 5.74) is 3.38. The van der Waals surface area contributed by atoms with E-state index in [0.717, 1.165) is 48.4 Å². The van der Waals surface area contributed by atoms with E-state index in [9.17, 15) is 0 Å². The molecule has 2 heterocycles. The van der Waals surface area contributed by atoms with Gasteiger partial charge in [0.1, 0.15) is 5.84 Å². The van der Waals surface area contributed by atoms with Crippen LogP contribution < -0.4 is 4.90 Å². The second-order valence-electron chi connectivity index (χ2n) is 6.93. The first kappa shape index (κ1) is 17.7. The third kappa shape index (κ3) is 3.27. The Morgan fingerprint density at radius 1 is 0.714 bits per heavy atom. The van der Waals surface area contributed by atoms with Crippen LogP contribution in [0, 0.1) is 0 Å². The first-order valence-electron chi connectivity index (χ1n) is 9.49. The van der Waals surface area contributed by atoms with E-state index in [1.807, 2.05) is 18.2 Å². The summed E-state index contributed by atoms with van der Waals surface area (Å²) in [5.74, 6) is 1.08. The van der Waals surface area contributed by atoms with Crippen LogP contribution in [0.5, 0.6) is 0 Å². The van der Waals surface area contributed by atoms with Gasteiger partial charge in [-0.25, -0.2) is 4.99 Å². The zero-order valence-corrected chi connectivity index (χ0v) is 17.0. The SMILES string of the molecule is Clc1ccccc1N1CCN(C2=Nc3ccccc3Sc3ccccc32)CC1. The number of rotatable bonds is 1. The highest BCUT2D eigenvalue weighted by molar-refractivity contribution is 7.99. The third-order valence-electron chi connectivity index (χ3n) is 5.21. The number of para-hydroxylation sites is 2. The summed E-state index contributed by atoms with van der Waals surface area (Å²) in [5, 5.41) is 0.818. The van der Waals surface area contributed by atoms with Crippen LogP contribution in [0.1, 0.15) is 5.56 Å². The van der Waals surface area contributed by atoms with Crippen molar-refractivity contribution in [3.63, 3.8) is 0 Å². The monoisotopic (exact) mass is 405 g/mol. The largest absolute Gasteiger partial charge is 0.367 e. The summed E-state index contributed by atoms with van der Waals surface area (Å²) in [6.45, 7) is 3.70. The van der Waals surface area contributed by atoms with Crippen LogP contribution in [0.4, 0.5) is 11.4 Å². The number of aliphatic imine (C=N–C) groups is 1. The molecule has 0 bridgehead atoms. The van der Waals surface area contributed by atoms with Gasteiger partial charge in [-0.2, -0.15) is 0 Å². The molecule has 1 fully saturated rings. The molecular formula is C23H20ClN3S. The van der Waals surface area contributed by atoms with E-state index in [1.54, 1.807) is 11.8 Å². The van der Waals surface area contributed by atoms with E-state index in [4.69, 9.17) is 16.6 Å². The Morgan fingerprint density at radius 3 is 2.18 bits per heavy atom. The molecule has 0 saturated carbocycles. The zero-order chi connectivity index (χ0) is 18.9. The molecule has 0 radical (unpaired) electrons. The van der Waals surface area contributed by atoms with Crippen LogP contribution in [0.2, 0.25) is 5.02 Å². The molecule has 2 aliphatic rings. The number of anilines is 1. The van der Waals surface area contributed by atoms with Gasteiger partial charge in [-0.1, -0.05) is 65.8 Å². The molecule has 0 aliphatic carbocycles. The molecule has 2 aliphatic heterocycles. The maximum absolute atomic E-state index is 6.41. The number of hydrogen-bond donors (Lipinski definition) is 0. The van der Waals surface area contributed by atoms with Crippen LogP contribution in [-0.2, 0) is 0 Å². The Kier molecular flexibility index (Phi) is 4.75. The lowest BCUT2D eigenvalue weighted by molar-refractivity contribution is 0.386. The van der Waals surface area contributed by atoms with Crippen molar-refractivity contribution < 1.29 is 0 Å². The van der Waals surface area contributed by atoms with Crippen molar-refractivity contribution in [2.45, 2.75) is 9.79 Å². The van der Waals surface area contributed by atoms with Gasteiger partial charge in [0, 0.05) is 41.5 Å². The lowest BCUT2D eigenvalue weighted by Gasteiger charge is -2.38. The summed E-state index contributed by atoms with van der Waals surface area (Å²) in [4.78, 5) is 12.3. The molecule has 0 aromatic heterocycles. The number of nitrogens with zero attached hydrogens (tertiary/aromatic N) is 3. The average molecular weight is 406 g/mol. The minimum Gasteiger partial charge on any atom is -0.367 e. The summed E-state index contributed by atoms with van der Waals surface area (Å²) in [6.07, 6.45) is 0. The standard InChI is InChI=1S/C23H20ClN3S/c24-18-8-2-4-10-20(18)26-13-15-27(16-14-26)23-17-7-1-5-11-21(17)28-22-12-6-3-9-19(22)25-23/h1-12H,13-16H2. The lowest BCUT2D eigenvalue weighted by atomic mass is 10.1. The Balaban J connectivity index is 1.46. The smallest absolute Gasteiger partial charge is 0.137 e. The molecule has 3 aromatic carbocycles. The quantitative estimate of drug-likeness (QED) is 0.517. The summed E-state index contributed by atoms with van der Waals surface area (Å²) >= 11 is 8.21. The molecule has 5 rings (SSSR count). The second-order valence-corrected chi connectivity index (χ2v) is 8.42. The molecule has 0 spiro atoms. The van der Waals surface area contributed by atoms with Crippen molar-refractivity contribution in [2.75, 3.05) is 31.1 Å². The van der Waals surface area contributed by atoms with Crippen LogP contribution in [0.25, 0.3) is 0 Å². The van der Waals surface area contributed by atoms with Gasteiger partial charge in [0.25, 0.3) is 0 Å². The highest BCUT2D eigenvalue weighted by atomic mass is 35.5. The lowest BCUT2D eigenvalue weighted by Crippen LogP contribution is -2.49. The Labute approximate surface area is 174 Å². The van der Waals surface area contributed by atoms with Gasteiger partial charge >= 0.3 is 0 Å². The van der Waals surface area contributed by atoms with Crippen LogP contribution in [-0.4, -0.2) is 36.9 Å². The second kappa shape index (κ2) is 7.53. The zero-order valence-electron chi connectivity index (χ0n) is 15.4. The van der Waals surface area contributed by atoms with Gasteiger partial charge in [-0.3, -0.25) is 0 Å². The number of benzene rings is 3. The predicted octanol–water partition coefficient (Wildman–Crippen LogP) is 5.71. The van der Waals surface area contributed by atoms with Gasteiger partial charge in [-0.15, -0.1) is 0 Å². The van der Waals surface area contributed by atoms with Crippen LogP contribution in [0.3, 0.4) is 0 Å². The summed E-state index contributed by atoms with van der Waals surface area (Å²) in [7, 11) is 0. The first-order chi connectivity index (χ1) is 13.8. The topological polar surface area (TPSA) is 18.8 Å². The van der Waals surface area contributed by atoms with Crippen molar-refractivity contribution in [1.29, 1.82) is 0 Å². The van der Waals surface area contributed by atoms with Crippen LogP contribution >= 0.6 is 23.4 Å². The predicted molar refractivity (Wildman–Crippen MR) is 118 cm³/mol. The Bertz CT molecular complexity index is 1040. The fraction of sp³-hybridized carbons (Fsp3) is 0.174. The van der Waals surface area contributed by atoms with Crippen molar-refractivity contribution in [3.8, 4) is 0 Å². The van der Waals surface area contributed by atoms with Gasteiger partial charge in [-0.05, 0) is 30.3 Å². The molecule has 0 amide bonds. The van der Waals surface area contributed by atoms with E-state index >= 15 is 0 Å². The number of halogens is 1. The van der Waals surface area contributed by atoms with Crippen LogP contribution in [0.15, 0.2) is 87.6 Å². The fourth-order valence-corrected chi connectivity index (χ4v) is 5.05. The molecule has 28 heavy (non-hydrogen) atoms. The Hall–Kier alpha value is -2.43. The van der Waals surface area contributed by atoms with Crippen molar-refractivity contribution in [1.82, 2.24) is 4.90 Å². The van der Waals surface area contributed by atoms with Crippen molar-refractivity contribution in [3.05, 3.63) is 83.4 Å². The van der Waals surface area contributed by atoms with E-state index < -0.39 is 0 Å². The van der Waals surface area contributed by atoms with Gasteiger partial charge in [0.2, 0.25) is 0 Å². The molecule has 0 N–H and O–H groups in total. The Morgan fingerprint density at radius 2 is 1.36 bits per heavy atom. The fourth-order valence-electron chi connectivity index (χ4n) is 3.78. The number of piperazine rings is 1. The molecule has 3 aromatic rings. The molecule has 3 nitrogen and oxygen atoms in total. The minimum atomic E-state index is 0.818. The molecule has 0 unspecified atom stereocenters. The summed E-state index contributed by atoms with van der Waals surface area (Å²) < 4.78 is 0. The maximum Gasteiger partial charge on any atom is 0.137 e. The molecule has 5 heteroatoms. The van der Waals surface area contributed by atoms with Crippen molar-refractivity contribution >= 4 is 40.6 Å². The van der Waals surface area contributed by atoms with Gasteiger partial charge in [0.05, 0.1) is 16.4 Å².